The Labute approximate surface area is 124 Å². The van der Waals surface area contributed by atoms with Crippen molar-refractivity contribution in [1.82, 2.24) is 14.7 Å². The Kier molecular flexibility index (Phi) is 6.71. The highest BCUT2D eigenvalue weighted by atomic mass is 16.5. The van der Waals surface area contributed by atoms with Crippen molar-refractivity contribution in [3.63, 3.8) is 0 Å². The minimum atomic E-state index is 0.392. The lowest BCUT2D eigenvalue weighted by Crippen LogP contribution is -2.46. The Balaban J connectivity index is 1.72. The molecule has 0 aliphatic carbocycles. The van der Waals surface area contributed by atoms with Crippen molar-refractivity contribution in [2.24, 2.45) is 11.7 Å². The fourth-order valence-electron chi connectivity index (χ4n) is 3.17. The molecule has 2 rings (SSSR count). The van der Waals surface area contributed by atoms with Crippen LogP contribution in [0.4, 0.5) is 0 Å². The number of hydrogen-bond donors (Lipinski definition) is 1. The molecule has 5 heteroatoms. The van der Waals surface area contributed by atoms with E-state index in [0.29, 0.717) is 12.0 Å². The smallest absolute Gasteiger partial charge is 0.0829 e. The minimum absolute atomic E-state index is 0.392. The van der Waals surface area contributed by atoms with Gasteiger partial charge in [0.25, 0.3) is 0 Å². The van der Waals surface area contributed by atoms with Crippen LogP contribution in [0.2, 0.25) is 0 Å². The molecular weight excluding hydrogens is 252 g/mol. The van der Waals surface area contributed by atoms with Crippen LogP contribution in [-0.2, 0) is 4.74 Å². The third-order valence-corrected chi connectivity index (χ3v) is 4.46. The van der Waals surface area contributed by atoms with E-state index in [4.69, 9.17) is 10.5 Å². The van der Waals surface area contributed by atoms with Gasteiger partial charge < -0.3 is 20.3 Å². The van der Waals surface area contributed by atoms with E-state index in [1.165, 1.54) is 32.6 Å². The zero-order valence-corrected chi connectivity index (χ0v) is 13.3. The fraction of sp³-hybridized carbons (Fsp3) is 1.00. The van der Waals surface area contributed by atoms with Gasteiger partial charge in [-0.2, -0.15) is 0 Å². The quantitative estimate of drug-likeness (QED) is 0.765. The summed E-state index contributed by atoms with van der Waals surface area (Å²) in [6.07, 6.45) is 1.66. The van der Waals surface area contributed by atoms with Crippen LogP contribution in [-0.4, -0.2) is 93.4 Å². The molecule has 2 aliphatic rings. The standard InChI is InChI=1S/C15H32N4O/c1-14(10-16)11-18-4-3-5-19(7-6-18)13-15-12-17(2)8-9-20-15/h14-15H,3-13,16H2,1-2H3. The molecule has 20 heavy (non-hydrogen) atoms. The molecular formula is C15H32N4O. The third kappa shape index (κ3) is 5.30. The lowest BCUT2D eigenvalue weighted by atomic mass is 10.1. The number of likely N-dealkylation sites (N-methyl/N-ethyl adjacent to an activating group) is 1. The van der Waals surface area contributed by atoms with E-state index in [9.17, 15) is 0 Å². The molecule has 0 amide bonds. The van der Waals surface area contributed by atoms with Crippen molar-refractivity contribution in [3.8, 4) is 0 Å². The summed E-state index contributed by atoms with van der Waals surface area (Å²) in [4.78, 5) is 7.53. The van der Waals surface area contributed by atoms with Gasteiger partial charge in [-0.15, -0.1) is 0 Å². The normalized spacial score (nSPS) is 29.2. The SMILES string of the molecule is CC(CN)CN1CCCN(CC2CN(C)CCO2)CC1. The summed E-state index contributed by atoms with van der Waals surface area (Å²) in [6.45, 7) is 13.1. The molecule has 2 heterocycles. The van der Waals surface area contributed by atoms with Gasteiger partial charge in [-0.25, -0.2) is 0 Å². The second-order valence-electron chi connectivity index (χ2n) is 6.55. The molecule has 2 N–H and O–H groups in total. The third-order valence-electron chi connectivity index (χ3n) is 4.46. The van der Waals surface area contributed by atoms with Gasteiger partial charge in [0.2, 0.25) is 0 Å². The number of morpholine rings is 1. The second kappa shape index (κ2) is 8.29. The monoisotopic (exact) mass is 284 g/mol. The molecule has 118 valence electrons. The van der Waals surface area contributed by atoms with E-state index in [1.807, 2.05) is 0 Å². The van der Waals surface area contributed by atoms with Gasteiger partial charge in [-0.05, 0) is 39.0 Å². The largest absolute Gasteiger partial charge is 0.374 e. The van der Waals surface area contributed by atoms with Gasteiger partial charge >= 0.3 is 0 Å². The second-order valence-corrected chi connectivity index (χ2v) is 6.55. The fourth-order valence-corrected chi connectivity index (χ4v) is 3.17. The van der Waals surface area contributed by atoms with Gasteiger partial charge in [0.15, 0.2) is 0 Å². The minimum Gasteiger partial charge on any atom is -0.374 e. The van der Waals surface area contributed by atoms with Crippen molar-refractivity contribution in [2.75, 3.05) is 72.6 Å². The molecule has 2 unspecified atom stereocenters. The highest BCUT2D eigenvalue weighted by Crippen LogP contribution is 2.10. The number of nitrogens with zero attached hydrogens (tertiary/aromatic N) is 3. The van der Waals surface area contributed by atoms with Crippen LogP contribution in [0, 0.1) is 5.92 Å². The molecule has 2 fully saturated rings. The molecule has 5 nitrogen and oxygen atoms in total. The maximum absolute atomic E-state index is 5.89. The average Bonchev–Trinajstić information content (AvgIpc) is 2.64. The molecule has 0 aromatic carbocycles. The number of nitrogens with two attached hydrogens (primary N) is 1. The van der Waals surface area contributed by atoms with Crippen LogP contribution in [0.5, 0.6) is 0 Å². The van der Waals surface area contributed by atoms with E-state index >= 15 is 0 Å². The highest BCUT2D eigenvalue weighted by molar-refractivity contribution is 4.77. The van der Waals surface area contributed by atoms with Crippen molar-refractivity contribution >= 4 is 0 Å². The van der Waals surface area contributed by atoms with Crippen LogP contribution in [0.3, 0.4) is 0 Å². The first kappa shape index (κ1) is 16.2. The Morgan fingerprint density at radius 1 is 1.15 bits per heavy atom. The summed E-state index contributed by atoms with van der Waals surface area (Å²) >= 11 is 0. The van der Waals surface area contributed by atoms with E-state index in [-0.39, 0.29) is 0 Å². The summed E-state index contributed by atoms with van der Waals surface area (Å²) in [5, 5.41) is 0. The average molecular weight is 284 g/mol. The molecule has 0 aromatic rings. The highest BCUT2D eigenvalue weighted by Gasteiger charge is 2.22. The Morgan fingerprint density at radius 3 is 2.65 bits per heavy atom. The molecule has 0 bridgehead atoms. The zero-order valence-electron chi connectivity index (χ0n) is 13.3. The van der Waals surface area contributed by atoms with Crippen molar-refractivity contribution in [1.29, 1.82) is 0 Å². The van der Waals surface area contributed by atoms with E-state index in [0.717, 1.165) is 39.3 Å². The van der Waals surface area contributed by atoms with Gasteiger partial charge in [-0.1, -0.05) is 6.92 Å². The Morgan fingerprint density at radius 2 is 1.90 bits per heavy atom. The van der Waals surface area contributed by atoms with Crippen molar-refractivity contribution < 1.29 is 4.74 Å². The van der Waals surface area contributed by atoms with Crippen LogP contribution in [0.25, 0.3) is 0 Å². The van der Waals surface area contributed by atoms with Crippen molar-refractivity contribution in [3.05, 3.63) is 0 Å². The van der Waals surface area contributed by atoms with Gasteiger partial charge in [0.05, 0.1) is 12.7 Å². The topological polar surface area (TPSA) is 45.0 Å². The summed E-state index contributed by atoms with van der Waals surface area (Å²) in [5.74, 6) is 0.608. The van der Waals surface area contributed by atoms with E-state index < -0.39 is 0 Å². The molecule has 2 atom stereocenters. The predicted molar refractivity (Wildman–Crippen MR) is 83.0 cm³/mol. The van der Waals surface area contributed by atoms with Crippen LogP contribution in [0.1, 0.15) is 13.3 Å². The first-order valence-corrected chi connectivity index (χ1v) is 8.12. The van der Waals surface area contributed by atoms with Crippen LogP contribution < -0.4 is 5.73 Å². The molecule has 2 saturated heterocycles. The molecule has 0 aromatic heterocycles. The summed E-state index contributed by atoms with van der Waals surface area (Å²) in [6, 6.07) is 0. The number of rotatable bonds is 5. The first-order valence-electron chi connectivity index (χ1n) is 8.12. The number of ether oxygens (including phenoxy) is 1. The maximum Gasteiger partial charge on any atom is 0.0829 e. The van der Waals surface area contributed by atoms with Crippen LogP contribution >= 0.6 is 0 Å². The van der Waals surface area contributed by atoms with E-state index in [1.54, 1.807) is 0 Å². The molecule has 0 spiro atoms. The van der Waals surface area contributed by atoms with Gasteiger partial charge in [0.1, 0.15) is 0 Å². The van der Waals surface area contributed by atoms with Gasteiger partial charge in [0, 0.05) is 39.3 Å². The van der Waals surface area contributed by atoms with Gasteiger partial charge in [-0.3, -0.25) is 4.90 Å². The molecule has 0 radical (unpaired) electrons. The predicted octanol–water partition coefficient (Wildman–Crippen LogP) is -0.0805. The summed E-state index contributed by atoms with van der Waals surface area (Å²) < 4.78 is 5.89. The van der Waals surface area contributed by atoms with Crippen LogP contribution in [0.15, 0.2) is 0 Å². The first-order chi connectivity index (χ1) is 9.67. The zero-order chi connectivity index (χ0) is 14.4. The summed E-state index contributed by atoms with van der Waals surface area (Å²) in [7, 11) is 2.19. The van der Waals surface area contributed by atoms with Crippen molar-refractivity contribution in [2.45, 2.75) is 19.4 Å². The lowest BCUT2D eigenvalue weighted by Gasteiger charge is -2.33. The van der Waals surface area contributed by atoms with E-state index in [2.05, 4.69) is 28.7 Å². The summed E-state index contributed by atoms with van der Waals surface area (Å²) in [5.41, 5.74) is 5.73. The number of hydrogen-bond acceptors (Lipinski definition) is 5. The molecule has 0 saturated carbocycles. The lowest BCUT2D eigenvalue weighted by molar-refractivity contribution is -0.0350. The maximum atomic E-state index is 5.89. The molecule has 2 aliphatic heterocycles. The Hall–Kier alpha value is -0.200. The Bertz CT molecular complexity index is 277.